The second-order valence-corrected chi connectivity index (χ2v) is 6.25. The van der Waals surface area contributed by atoms with Gasteiger partial charge in [-0.2, -0.15) is 0 Å². The number of hydrogen-bond donors (Lipinski definition) is 2. The van der Waals surface area contributed by atoms with Crippen molar-refractivity contribution in [2.45, 2.75) is 76.8 Å². The molecular formula is C15H29ClN2O. The van der Waals surface area contributed by atoms with Crippen LogP contribution in [-0.2, 0) is 4.79 Å². The van der Waals surface area contributed by atoms with E-state index in [0.717, 1.165) is 44.4 Å². The molecule has 1 amide bonds. The molecule has 2 saturated carbocycles. The van der Waals surface area contributed by atoms with E-state index >= 15 is 0 Å². The average molecular weight is 289 g/mol. The minimum Gasteiger partial charge on any atom is -0.353 e. The number of nitrogens with two attached hydrogens (primary N) is 1. The largest absolute Gasteiger partial charge is 0.353 e. The van der Waals surface area contributed by atoms with Crippen molar-refractivity contribution >= 4 is 18.3 Å². The van der Waals surface area contributed by atoms with Crippen molar-refractivity contribution in [3.8, 4) is 0 Å². The van der Waals surface area contributed by atoms with Gasteiger partial charge in [-0.05, 0) is 57.3 Å². The van der Waals surface area contributed by atoms with E-state index in [1.165, 1.54) is 19.3 Å². The van der Waals surface area contributed by atoms with Gasteiger partial charge >= 0.3 is 0 Å². The van der Waals surface area contributed by atoms with Crippen LogP contribution in [0.4, 0.5) is 0 Å². The van der Waals surface area contributed by atoms with Crippen LogP contribution < -0.4 is 11.1 Å². The van der Waals surface area contributed by atoms with E-state index in [1.54, 1.807) is 0 Å². The molecule has 0 spiro atoms. The van der Waals surface area contributed by atoms with Gasteiger partial charge in [0.05, 0.1) is 0 Å². The van der Waals surface area contributed by atoms with Crippen LogP contribution in [0, 0.1) is 11.8 Å². The highest BCUT2D eigenvalue weighted by Crippen LogP contribution is 2.31. The molecular weight excluding hydrogens is 260 g/mol. The maximum absolute atomic E-state index is 12.2. The maximum Gasteiger partial charge on any atom is 0.223 e. The molecule has 0 aromatic heterocycles. The molecule has 3 nitrogen and oxygen atoms in total. The van der Waals surface area contributed by atoms with Gasteiger partial charge in [-0.3, -0.25) is 4.79 Å². The lowest BCUT2D eigenvalue weighted by atomic mass is 9.80. The molecule has 0 radical (unpaired) electrons. The minimum atomic E-state index is 0. The number of nitrogens with one attached hydrogen (secondary N) is 1. The van der Waals surface area contributed by atoms with E-state index in [0.29, 0.717) is 18.0 Å². The zero-order chi connectivity index (χ0) is 13.0. The van der Waals surface area contributed by atoms with Crippen LogP contribution in [0.2, 0.25) is 0 Å². The van der Waals surface area contributed by atoms with Crippen LogP contribution in [0.3, 0.4) is 0 Å². The Bertz CT molecular complexity index is 269. The van der Waals surface area contributed by atoms with Crippen molar-refractivity contribution in [1.82, 2.24) is 5.32 Å². The molecule has 0 aromatic carbocycles. The fourth-order valence-corrected chi connectivity index (χ4v) is 3.42. The second kappa shape index (κ2) is 8.11. The van der Waals surface area contributed by atoms with Crippen molar-refractivity contribution in [3.63, 3.8) is 0 Å². The van der Waals surface area contributed by atoms with Crippen LogP contribution in [0.5, 0.6) is 0 Å². The number of amides is 1. The molecule has 112 valence electrons. The fourth-order valence-electron chi connectivity index (χ4n) is 3.42. The van der Waals surface area contributed by atoms with E-state index in [-0.39, 0.29) is 18.3 Å². The van der Waals surface area contributed by atoms with E-state index in [2.05, 4.69) is 12.2 Å². The quantitative estimate of drug-likeness (QED) is 0.839. The zero-order valence-electron chi connectivity index (χ0n) is 12.1. The fraction of sp³-hybridized carbons (Fsp3) is 0.933. The van der Waals surface area contributed by atoms with Crippen LogP contribution in [-0.4, -0.2) is 18.0 Å². The third kappa shape index (κ3) is 4.96. The normalized spacial score (nSPS) is 35.3. The molecule has 19 heavy (non-hydrogen) atoms. The van der Waals surface area contributed by atoms with Gasteiger partial charge in [0.2, 0.25) is 5.91 Å². The summed E-state index contributed by atoms with van der Waals surface area (Å²) >= 11 is 0. The molecule has 2 aliphatic rings. The van der Waals surface area contributed by atoms with Crippen molar-refractivity contribution in [3.05, 3.63) is 0 Å². The first kappa shape index (κ1) is 16.8. The highest BCUT2D eigenvalue weighted by Gasteiger charge is 2.27. The van der Waals surface area contributed by atoms with Gasteiger partial charge in [-0.15, -0.1) is 12.4 Å². The summed E-state index contributed by atoms with van der Waals surface area (Å²) in [6.45, 7) is 2.26. The van der Waals surface area contributed by atoms with Crippen molar-refractivity contribution < 1.29 is 4.79 Å². The standard InChI is InChI=1S/C15H28N2O.ClH/c1-2-11-3-5-12(6-4-11)15(18)17-14-9-7-13(16)8-10-14;/h11-14H,2-10,16H2,1H3,(H,17,18);1H. The first-order chi connectivity index (χ1) is 8.69. The lowest BCUT2D eigenvalue weighted by Crippen LogP contribution is -2.43. The van der Waals surface area contributed by atoms with E-state index in [4.69, 9.17) is 5.73 Å². The van der Waals surface area contributed by atoms with Gasteiger partial charge < -0.3 is 11.1 Å². The van der Waals surface area contributed by atoms with Crippen LogP contribution in [0.1, 0.15) is 64.7 Å². The molecule has 2 aliphatic carbocycles. The van der Waals surface area contributed by atoms with Crippen molar-refractivity contribution in [2.24, 2.45) is 17.6 Å². The SMILES string of the molecule is CCC1CCC(C(=O)NC2CCC(N)CC2)CC1.Cl. The monoisotopic (exact) mass is 288 g/mol. The molecule has 0 bridgehead atoms. The van der Waals surface area contributed by atoms with Crippen LogP contribution in [0.15, 0.2) is 0 Å². The summed E-state index contributed by atoms with van der Waals surface area (Å²) in [5.41, 5.74) is 5.89. The summed E-state index contributed by atoms with van der Waals surface area (Å²) in [6.07, 6.45) is 10.2. The number of carbonyl (C=O) groups excluding carboxylic acids is 1. The van der Waals surface area contributed by atoms with Crippen molar-refractivity contribution in [1.29, 1.82) is 0 Å². The molecule has 2 rings (SSSR count). The maximum atomic E-state index is 12.2. The molecule has 2 fully saturated rings. The Hall–Kier alpha value is -0.280. The molecule has 0 heterocycles. The summed E-state index contributed by atoms with van der Waals surface area (Å²) in [7, 11) is 0. The van der Waals surface area contributed by atoms with E-state index < -0.39 is 0 Å². The number of hydrogen-bond acceptors (Lipinski definition) is 2. The highest BCUT2D eigenvalue weighted by atomic mass is 35.5. The first-order valence-corrected chi connectivity index (χ1v) is 7.75. The summed E-state index contributed by atoms with van der Waals surface area (Å²) < 4.78 is 0. The van der Waals surface area contributed by atoms with Gasteiger partial charge in [0.25, 0.3) is 0 Å². The van der Waals surface area contributed by atoms with Crippen LogP contribution >= 0.6 is 12.4 Å². The van der Waals surface area contributed by atoms with Crippen LogP contribution in [0.25, 0.3) is 0 Å². The summed E-state index contributed by atoms with van der Waals surface area (Å²) in [6, 6.07) is 0.749. The van der Waals surface area contributed by atoms with E-state index in [9.17, 15) is 4.79 Å². The van der Waals surface area contributed by atoms with Gasteiger partial charge in [-0.1, -0.05) is 13.3 Å². The highest BCUT2D eigenvalue weighted by molar-refractivity contribution is 5.85. The zero-order valence-corrected chi connectivity index (χ0v) is 12.9. The Balaban J connectivity index is 0.00000180. The molecule has 0 unspecified atom stereocenters. The lowest BCUT2D eigenvalue weighted by molar-refractivity contribution is -0.127. The molecule has 0 atom stereocenters. The second-order valence-electron chi connectivity index (χ2n) is 6.25. The van der Waals surface area contributed by atoms with Gasteiger partial charge in [0, 0.05) is 18.0 Å². The molecule has 4 heteroatoms. The molecule has 3 N–H and O–H groups in total. The van der Waals surface area contributed by atoms with Gasteiger partial charge in [-0.25, -0.2) is 0 Å². The minimum absolute atomic E-state index is 0. The van der Waals surface area contributed by atoms with Gasteiger partial charge in [0.1, 0.15) is 0 Å². The topological polar surface area (TPSA) is 55.1 Å². The Morgan fingerprint density at radius 1 is 1.05 bits per heavy atom. The number of halogens is 1. The molecule has 0 aliphatic heterocycles. The Morgan fingerprint density at radius 2 is 1.63 bits per heavy atom. The Kier molecular flexibility index (Phi) is 7.16. The van der Waals surface area contributed by atoms with Crippen molar-refractivity contribution in [2.75, 3.05) is 0 Å². The first-order valence-electron chi connectivity index (χ1n) is 7.75. The summed E-state index contributed by atoms with van der Waals surface area (Å²) in [4.78, 5) is 12.2. The van der Waals surface area contributed by atoms with Gasteiger partial charge in [0.15, 0.2) is 0 Å². The average Bonchev–Trinajstić information content (AvgIpc) is 2.41. The lowest BCUT2D eigenvalue weighted by Gasteiger charge is -2.31. The third-order valence-corrected chi connectivity index (χ3v) is 4.91. The predicted octanol–water partition coefficient (Wildman–Crippen LogP) is 3.01. The smallest absolute Gasteiger partial charge is 0.223 e. The predicted molar refractivity (Wildman–Crippen MR) is 81.4 cm³/mol. The molecule has 0 saturated heterocycles. The molecule has 0 aromatic rings. The number of carbonyl (C=O) groups is 1. The summed E-state index contributed by atoms with van der Waals surface area (Å²) in [5, 5.41) is 3.25. The third-order valence-electron chi connectivity index (χ3n) is 4.91. The summed E-state index contributed by atoms with van der Waals surface area (Å²) in [5.74, 6) is 1.45. The number of rotatable bonds is 3. The Labute approximate surface area is 123 Å². The Morgan fingerprint density at radius 3 is 2.16 bits per heavy atom. The van der Waals surface area contributed by atoms with E-state index in [1.807, 2.05) is 0 Å².